The summed E-state index contributed by atoms with van der Waals surface area (Å²) >= 11 is 1.38. The van der Waals surface area contributed by atoms with Crippen LogP contribution in [0, 0.1) is 0 Å². The minimum absolute atomic E-state index is 0.00468. The molecule has 0 saturated carbocycles. The van der Waals surface area contributed by atoms with Gasteiger partial charge in [-0.3, -0.25) is 14.4 Å². The quantitative estimate of drug-likeness (QED) is 0.710. The van der Waals surface area contributed by atoms with Crippen LogP contribution in [0.15, 0.2) is 47.8 Å². The molecule has 0 aliphatic heterocycles. The molecule has 0 spiro atoms. The number of nitrogens with one attached hydrogen (secondary N) is 2. The summed E-state index contributed by atoms with van der Waals surface area (Å²) in [6, 6.07) is 12.7. The van der Waals surface area contributed by atoms with Gasteiger partial charge < -0.3 is 15.5 Å². The number of likely N-dealkylation sites (N-methyl/N-ethyl adjacent to an activating group) is 1. The zero-order valence-electron chi connectivity index (χ0n) is 14.0. The number of amides is 3. The lowest BCUT2D eigenvalue weighted by atomic mass is 10.2. The van der Waals surface area contributed by atoms with Crippen LogP contribution < -0.4 is 10.6 Å². The number of hydrogen-bond donors (Lipinski definition) is 2. The van der Waals surface area contributed by atoms with E-state index in [1.165, 1.54) is 16.2 Å². The van der Waals surface area contributed by atoms with E-state index in [0.717, 1.165) is 0 Å². The largest absolute Gasteiger partial charge is 0.351 e. The van der Waals surface area contributed by atoms with Crippen LogP contribution in [0.5, 0.6) is 0 Å². The van der Waals surface area contributed by atoms with E-state index in [4.69, 9.17) is 0 Å². The summed E-state index contributed by atoms with van der Waals surface area (Å²) in [6.07, 6.45) is 0.806. The summed E-state index contributed by atoms with van der Waals surface area (Å²) in [5, 5.41) is 7.35. The van der Waals surface area contributed by atoms with Crippen molar-refractivity contribution < 1.29 is 14.4 Å². The van der Waals surface area contributed by atoms with E-state index >= 15 is 0 Å². The van der Waals surface area contributed by atoms with Crippen LogP contribution in [0.1, 0.15) is 22.5 Å². The van der Waals surface area contributed by atoms with Crippen LogP contribution >= 0.6 is 11.3 Å². The first-order chi connectivity index (χ1) is 12.1. The molecule has 7 heteroatoms. The van der Waals surface area contributed by atoms with Crippen molar-refractivity contribution in [1.29, 1.82) is 0 Å². The predicted molar refractivity (Wildman–Crippen MR) is 98.6 cm³/mol. The zero-order chi connectivity index (χ0) is 18.1. The second-order valence-corrected chi connectivity index (χ2v) is 6.45. The molecular weight excluding hydrogens is 338 g/mol. The van der Waals surface area contributed by atoms with Gasteiger partial charge in [-0.05, 0) is 30.0 Å². The molecule has 0 unspecified atom stereocenters. The Morgan fingerprint density at radius 1 is 1.08 bits per heavy atom. The number of carbonyl (C=O) groups excluding carboxylic acids is 3. The van der Waals surface area contributed by atoms with Gasteiger partial charge in [0, 0.05) is 25.7 Å². The number of hydrogen-bond acceptors (Lipinski definition) is 4. The summed E-state index contributed by atoms with van der Waals surface area (Å²) in [4.78, 5) is 37.8. The highest BCUT2D eigenvalue weighted by Gasteiger charge is 2.13. The van der Waals surface area contributed by atoms with Crippen molar-refractivity contribution in [3.05, 3.63) is 52.7 Å². The molecule has 2 rings (SSSR count). The minimum Gasteiger partial charge on any atom is -0.351 e. The molecular formula is C18H21N3O3S. The van der Waals surface area contributed by atoms with Gasteiger partial charge in [0.2, 0.25) is 11.8 Å². The van der Waals surface area contributed by atoms with Crippen LogP contribution in [-0.2, 0) is 9.59 Å². The molecule has 0 saturated heterocycles. The Hall–Kier alpha value is -2.67. The molecule has 0 radical (unpaired) electrons. The topological polar surface area (TPSA) is 78.5 Å². The average Bonchev–Trinajstić information content (AvgIpc) is 3.13. The lowest BCUT2D eigenvalue weighted by Crippen LogP contribution is -2.35. The van der Waals surface area contributed by atoms with Crippen molar-refractivity contribution in [1.82, 2.24) is 10.2 Å². The Morgan fingerprint density at radius 2 is 1.84 bits per heavy atom. The third-order valence-corrected chi connectivity index (χ3v) is 4.33. The molecule has 1 aromatic carbocycles. The Morgan fingerprint density at radius 3 is 2.52 bits per heavy atom. The van der Waals surface area contributed by atoms with E-state index in [-0.39, 0.29) is 30.7 Å². The fraction of sp³-hybridized carbons (Fsp3) is 0.278. The summed E-state index contributed by atoms with van der Waals surface area (Å²) < 4.78 is 0. The standard InChI is InChI=1S/C18H21N3O3S/c1-21(13-16(22)20-14-7-3-2-4-8-14)17(23)10-5-11-19-18(24)15-9-6-12-25-15/h2-4,6-9,12H,5,10-11,13H2,1H3,(H,19,24)(H,20,22). The Bertz CT molecular complexity index is 702. The summed E-state index contributed by atoms with van der Waals surface area (Å²) in [5.74, 6) is -0.500. The van der Waals surface area contributed by atoms with Crippen molar-refractivity contribution in [2.75, 3.05) is 25.5 Å². The number of benzene rings is 1. The maximum absolute atomic E-state index is 12.0. The van der Waals surface area contributed by atoms with Crippen LogP contribution in [0.25, 0.3) is 0 Å². The van der Waals surface area contributed by atoms with Crippen LogP contribution in [0.4, 0.5) is 5.69 Å². The number of thiophene rings is 1. The minimum atomic E-state index is -0.243. The number of para-hydroxylation sites is 1. The Balaban J connectivity index is 1.64. The summed E-state index contributed by atoms with van der Waals surface area (Å²) in [7, 11) is 1.59. The van der Waals surface area contributed by atoms with Gasteiger partial charge in [0.15, 0.2) is 0 Å². The van der Waals surface area contributed by atoms with Crippen LogP contribution in [0.2, 0.25) is 0 Å². The third-order valence-electron chi connectivity index (χ3n) is 3.46. The molecule has 2 N–H and O–H groups in total. The highest BCUT2D eigenvalue weighted by atomic mass is 32.1. The highest BCUT2D eigenvalue weighted by Crippen LogP contribution is 2.08. The van der Waals surface area contributed by atoms with Crippen molar-refractivity contribution in [3.63, 3.8) is 0 Å². The van der Waals surface area contributed by atoms with Crippen molar-refractivity contribution >= 4 is 34.7 Å². The van der Waals surface area contributed by atoms with E-state index in [9.17, 15) is 14.4 Å². The van der Waals surface area contributed by atoms with E-state index < -0.39 is 0 Å². The van der Waals surface area contributed by atoms with Gasteiger partial charge in [0.1, 0.15) is 0 Å². The first kappa shape index (κ1) is 18.7. The molecule has 25 heavy (non-hydrogen) atoms. The normalized spacial score (nSPS) is 10.1. The summed E-state index contributed by atoms with van der Waals surface area (Å²) in [6.45, 7) is 0.418. The van der Waals surface area contributed by atoms with Crippen molar-refractivity contribution in [2.45, 2.75) is 12.8 Å². The molecule has 6 nitrogen and oxygen atoms in total. The average molecular weight is 359 g/mol. The molecule has 2 aromatic rings. The van der Waals surface area contributed by atoms with E-state index in [0.29, 0.717) is 23.5 Å². The van der Waals surface area contributed by atoms with Gasteiger partial charge in [-0.25, -0.2) is 0 Å². The fourth-order valence-corrected chi connectivity index (χ4v) is 2.79. The second kappa shape index (κ2) is 9.58. The van der Waals surface area contributed by atoms with Gasteiger partial charge in [-0.1, -0.05) is 24.3 Å². The first-order valence-corrected chi connectivity index (χ1v) is 8.85. The van der Waals surface area contributed by atoms with Gasteiger partial charge in [-0.2, -0.15) is 0 Å². The molecule has 0 bridgehead atoms. The molecule has 0 atom stereocenters. The van der Waals surface area contributed by atoms with Gasteiger partial charge >= 0.3 is 0 Å². The molecule has 132 valence electrons. The number of nitrogens with zero attached hydrogens (tertiary/aromatic N) is 1. The predicted octanol–water partition coefficient (Wildman–Crippen LogP) is 2.36. The molecule has 1 aromatic heterocycles. The van der Waals surface area contributed by atoms with E-state index in [1.54, 1.807) is 25.2 Å². The Labute approximate surface area is 150 Å². The molecule has 3 amide bonds. The monoisotopic (exact) mass is 359 g/mol. The van der Waals surface area contributed by atoms with E-state index in [2.05, 4.69) is 10.6 Å². The van der Waals surface area contributed by atoms with Crippen molar-refractivity contribution in [3.8, 4) is 0 Å². The van der Waals surface area contributed by atoms with Gasteiger partial charge in [0.05, 0.1) is 11.4 Å². The maximum Gasteiger partial charge on any atom is 0.261 e. The molecule has 0 fully saturated rings. The number of carbonyl (C=O) groups is 3. The lowest BCUT2D eigenvalue weighted by molar-refractivity contribution is -0.133. The molecule has 1 heterocycles. The SMILES string of the molecule is CN(CC(=O)Nc1ccccc1)C(=O)CCCNC(=O)c1cccs1. The van der Waals surface area contributed by atoms with Crippen molar-refractivity contribution in [2.24, 2.45) is 0 Å². The van der Waals surface area contributed by atoms with Gasteiger partial charge in [-0.15, -0.1) is 11.3 Å². The molecule has 0 aliphatic rings. The van der Waals surface area contributed by atoms with Crippen LogP contribution in [0.3, 0.4) is 0 Å². The maximum atomic E-state index is 12.0. The third kappa shape index (κ3) is 6.39. The zero-order valence-corrected chi connectivity index (χ0v) is 14.8. The smallest absolute Gasteiger partial charge is 0.261 e. The summed E-state index contributed by atoms with van der Waals surface area (Å²) in [5.41, 5.74) is 0.699. The molecule has 0 aliphatic carbocycles. The first-order valence-electron chi connectivity index (χ1n) is 7.97. The fourth-order valence-electron chi connectivity index (χ4n) is 2.15. The van der Waals surface area contributed by atoms with E-state index in [1.807, 2.05) is 29.6 Å². The second-order valence-electron chi connectivity index (χ2n) is 5.50. The van der Waals surface area contributed by atoms with Crippen LogP contribution in [-0.4, -0.2) is 42.8 Å². The lowest BCUT2D eigenvalue weighted by Gasteiger charge is -2.17. The Kier molecular flexibility index (Phi) is 7.16. The number of anilines is 1. The highest BCUT2D eigenvalue weighted by molar-refractivity contribution is 7.12. The number of rotatable bonds is 8. The van der Waals surface area contributed by atoms with Gasteiger partial charge in [0.25, 0.3) is 5.91 Å².